The van der Waals surface area contributed by atoms with Crippen molar-refractivity contribution in [3.63, 3.8) is 0 Å². The largest absolute Gasteiger partial charge is 0.374 e. The van der Waals surface area contributed by atoms with Crippen LogP contribution in [0.15, 0.2) is 6.20 Å². The molecule has 1 N–H and O–H groups in total. The van der Waals surface area contributed by atoms with Gasteiger partial charge in [-0.2, -0.15) is 0 Å². The summed E-state index contributed by atoms with van der Waals surface area (Å²) in [7, 11) is 5.96. The van der Waals surface area contributed by atoms with Crippen LogP contribution in [0.5, 0.6) is 0 Å². The Morgan fingerprint density at radius 1 is 1.56 bits per heavy atom. The fourth-order valence-corrected chi connectivity index (χ4v) is 2.12. The average molecular weight is 225 g/mol. The Bertz CT molecular complexity index is 340. The minimum absolute atomic E-state index is 0.141. The molecule has 2 rings (SSSR count). The summed E-state index contributed by atoms with van der Waals surface area (Å²) in [6, 6.07) is 0.141. The van der Waals surface area contributed by atoms with Gasteiger partial charge in [0.05, 0.1) is 30.6 Å². The van der Waals surface area contributed by atoms with Gasteiger partial charge >= 0.3 is 0 Å². The second-order valence-electron chi connectivity index (χ2n) is 4.22. The highest BCUT2D eigenvalue weighted by Crippen LogP contribution is 2.20. The summed E-state index contributed by atoms with van der Waals surface area (Å²) in [5.74, 6) is 0. The van der Waals surface area contributed by atoms with Crippen LogP contribution >= 0.6 is 0 Å². The average Bonchev–Trinajstić information content (AvgIpc) is 2.67. The van der Waals surface area contributed by atoms with E-state index in [1.807, 2.05) is 14.1 Å². The summed E-state index contributed by atoms with van der Waals surface area (Å²) >= 11 is 0. The van der Waals surface area contributed by atoms with E-state index in [1.54, 1.807) is 10.9 Å². The molecular formula is C10H19N5O. The smallest absolute Gasteiger partial charge is 0.0912 e. The lowest BCUT2D eigenvalue weighted by Gasteiger charge is -2.34. The molecule has 0 saturated carbocycles. The van der Waals surface area contributed by atoms with Crippen molar-refractivity contribution in [3.8, 4) is 0 Å². The molecule has 1 aromatic rings. The first kappa shape index (κ1) is 11.5. The van der Waals surface area contributed by atoms with Gasteiger partial charge in [0.25, 0.3) is 0 Å². The standard InChI is InChI=1S/C10H19N5O/c1-11-10(8-6-12-13-15(8)3)9-7-14(2)4-5-16-9/h6,9-11H,4-5,7H2,1-3H3. The van der Waals surface area contributed by atoms with Crippen molar-refractivity contribution in [1.82, 2.24) is 25.2 Å². The SMILES string of the molecule is CNC(c1cnnn1C)C1CN(C)CCO1. The van der Waals surface area contributed by atoms with Crippen LogP contribution in [-0.2, 0) is 11.8 Å². The molecule has 2 heterocycles. The molecule has 2 atom stereocenters. The van der Waals surface area contributed by atoms with Gasteiger partial charge in [-0.05, 0) is 14.1 Å². The van der Waals surface area contributed by atoms with E-state index in [2.05, 4.69) is 27.6 Å². The van der Waals surface area contributed by atoms with E-state index in [-0.39, 0.29) is 12.1 Å². The molecule has 1 aromatic heterocycles. The van der Waals surface area contributed by atoms with Gasteiger partial charge in [0.1, 0.15) is 0 Å². The minimum Gasteiger partial charge on any atom is -0.374 e. The summed E-state index contributed by atoms with van der Waals surface area (Å²) in [4.78, 5) is 2.28. The fourth-order valence-electron chi connectivity index (χ4n) is 2.12. The molecule has 0 bridgehead atoms. The number of likely N-dealkylation sites (N-methyl/N-ethyl adjacent to an activating group) is 2. The van der Waals surface area contributed by atoms with Crippen molar-refractivity contribution in [2.75, 3.05) is 33.8 Å². The highest BCUT2D eigenvalue weighted by atomic mass is 16.5. The van der Waals surface area contributed by atoms with Gasteiger partial charge in [0.2, 0.25) is 0 Å². The molecule has 0 radical (unpaired) electrons. The lowest BCUT2D eigenvalue weighted by molar-refractivity contribution is -0.0393. The maximum atomic E-state index is 5.81. The number of hydrogen-bond acceptors (Lipinski definition) is 5. The lowest BCUT2D eigenvalue weighted by atomic mass is 10.1. The van der Waals surface area contributed by atoms with Crippen molar-refractivity contribution >= 4 is 0 Å². The van der Waals surface area contributed by atoms with Crippen LogP contribution in [0.4, 0.5) is 0 Å². The molecule has 0 amide bonds. The highest BCUT2D eigenvalue weighted by Gasteiger charge is 2.28. The van der Waals surface area contributed by atoms with Crippen LogP contribution in [-0.4, -0.2) is 59.8 Å². The van der Waals surface area contributed by atoms with Crippen molar-refractivity contribution in [3.05, 3.63) is 11.9 Å². The zero-order valence-corrected chi connectivity index (χ0v) is 10.1. The van der Waals surface area contributed by atoms with Gasteiger partial charge in [0.15, 0.2) is 0 Å². The monoisotopic (exact) mass is 225 g/mol. The van der Waals surface area contributed by atoms with E-state index in [4.69, 9.17) is 4.74 Å². The van der Waals surface area contributed by atoms with Crippen molar-refractivity contribution in [1.29, 1.82) is 0 Å². The Morgan fingerprint density at radius 3 is 2.94 bits per heavy atom. The van der Waals surface area contributed by atoms with E-state index in [9.17, 15) is 0 Å². The van der Waals surface area contributed by atoms with Gasteiger partial charge < -0.3 is 15.0 Å². The topological polar surface area (TPSA) is 55.2 Å². The van der Waals surface area contributed by atoms with Crippen LogP contribution in [0, 0.1) is 0 Å². The van der Waals surface area contributed by atoms with Crippen LogP contribution in [0.3, 0.4) is 0 Å². The normalized spacial score (nSPS) is 24.6. The van der Waals surface area contributed by atoms with E-state index in [0.717, 1.165) is 25.4 Å². The molecular weight excluding hydrogens is 206 g/mol. The Morgan fingerprint density at radius 2 is 2.38 bits per heavy atom. The molecule has 0 aliphatic carbocycles. The number of nitrogens with one attached hydrogen (secondary N) is 1. The number of nitrogens with zero attached hydrogens (tertiary/aromatic N) is 4. The van der Waals surface area contributed by atoms with Gasteiger partial charge in [-0.1, -0.05) is 5.21 Å². The summed E-state index contributed by atoms with van der Waals surface area (Å²) in [6.07, 6.45) is 1.94. The molecule has 16 heavy (non-hydrogen) atoms. The molecule has 0 spiro atoms. The Hall–Kier alpha value is -0.980. The predicted octanol–water partition coefficient (Wildman–Crippen LogP) is -0.594. The first-order valence-corrected chi connectivity index (χ1v) is 5.54. The summed E-state index contributed by atoms with van der Waals surface area (Å²) in [5.41, 5.74) is 1.06. The minimum atomic E-state index is 0.141. The second-order valence-corrected chi connectivity index (χ2v) is 4.22. The quantitative estimate of drug-likeness (QED) is 0.745. The zero-order valence-electron chi connectivity index (χ0n) is 10.1. The number of aryl methyl sites for hydroxylation is 1. The fraction of sp³-hybridized carbons (Fsp3) is 0.800. The van der Waals surface area contributed by atoms with Gasteiger partial charge in [0, 0.05) is 20.1 Å². The highest BCUT2D eigenvalue weighted by molar-refractivity contribution is 5.05. The lowest BCUT2D eigenvalue weighted by Crippen LogP contribution is -2.46. The van der Waals surface area contributed by atoms with Gasteiger partial charge in [-0.25, -0.2) is 0 Å². The maximum Gasteiger partial charge on any atom is 0.0912 e. The summed E-state index contributed by atoms with van der Waals surface area (Å²) < 4.78 is 7.60. The van der Waals surface area contributed by atoms with E-state index in [0.29, 0.717) is 0 Å². The second kappa shape index (κ2) is 4.90. The van der Waals surface area contributed by atoms with Crippen LogP contribution in [0.1, 0.15) is 11.7 Å². The molecule has 0 aromatic carbocycles. The van der Waals surface area contributed by atoms with Crippen molar-refractivity contribution in [2.24, 2.45) is 7.05 Å². The number of rotatable bonds is 3. The third-order valence-corrected chi connectivity index (χ3v) is 3.05. The van der Waals surface area contributed by atoms with E-state index < -0.39 is 0 Å². The first-order chi connectivity index (χ1) is 7.72. The third kappa shape index (κ3) is 2.23. The molecule has 1 aliphatic rings. The molecule has 90 valence electrons. The maximum absolute atomic E-state index is 5.81. The third-order valence-electron chi connectivity index (χ3n) is 3.05. The number of ether oxygens (including phenoxy) is 1. The Balaban J connectivity index is 2.13. The number of aromatic nitrogens is 3. The van der Waals surface area contributed by atoms with Gasteiger partial charge in [-0.15, -0.1) is 5.10 Å². The van der Waals surface area contributed by atoms with Gasteiger partial charge in [-0.3, -0.25) is 4.68 Å². The molecule has 2 unspecified atom stereocenters. The molecule has 6 nitrogen and oxygen atoms in total. The molecule has 1 aliphatic heterocycles. The summed E-state index contributed by atoms with van der Waals surface area (Å²) in [5, 5.41) is 11.1. The van der Waals surface area contributed by atoms with Crippen molar-refractivity contribution < 1.29 is 4.74 Å². The zero-order chi connectivity index (χ0) is 11.5. The molecule has 1 saturated heterocycles. The van der Waals surface area contributed by atoms with Crippen molar-refractivity contribution in [2.45, 2.75) is 12.1 Å². The first-order valence-electron chi connectivity index (χ1n) is 5.54. The number of morpholine rings is 1. The molecule has 6 heteroatoms. The predicted molar refractivity (Wildman–Crippen MR) is 60.0 cm³/mol. The van der Waals surface area contributed by atoms with Crippen LogP contribution in [0.2, 0.25) is 0 Å². The molecule has 1 fully saturated rings. The Labute approximate surface area is 95.6 Å². The number of hydrogen-bond donors (Lipinski definition) is 1. The Kier molecular flexibility index (Phi) is 3.52. The van der Waals surface area contributed by atoms with E-state index >= 15 is 0 Å². The van der Waals surface area contributed by atoms with Crippen LogP contribution < -0.4 is 5.32 Å². The summed E-state index contributed by atoms with van der Waals surface area (Å²) in [6.45, 7) is 2.71. The van der Waals surface area contributed by atoms with Crippen LogP contribution in [0.25, 0.3) is 0 Å². The van der Waals surface area contributed by atoms with E-state index in [1.165, 1.54) is 0 Å².